The van der Waals surface area contributed by atoms with E-state index in [-0.39, 0.29) is 17.2 Å². The van der Waals surface area contributed by atoms with Crippen molar-refractivity contribution in [3.63, 3.8) is 0 Å². The highest BCUT2D eigenvalue weighted by Gasteiger charge is 2.19. The fraction of sp³-hybridized carbons (Fsp3) is 0.167. The average molecular weight is 358 g/mol. The number of hydrogen-bond donors (Lipinski definition) is 0. The van der Waals surface area contributed by atoms with Gasteiger partial charge < -0.3 is 4.42 Å². The van der Waals surface area contributed by atoms with Crippen molar-refractivity contribution < 1.29 is 17.6 Å². The van der Waals surface area contributed by atoms with E-state index in [2.05, 4.69) is 15.2 Å². The SMILES string of the molecule is CC(C)c1nnc2ccc(-c3ocnc3-c3cc(F)c(F)c(F)c3)cn12. The van der Waals surface area contributed by atoms with Gasteiger partial charge in [0.15, 0.2) is 35.3 Å². The second-order valence-corrected chi connectivity index (χ2v) is 6.14. The lowest BCUT2D eigenvalue weighted by atomic mass is 10.1. The van der Waals surface area contributed by atoms with Gasteiger partial charge >= 0.3 is 0 Å². The maximum Gasteiger partial charge on any atom is 0.194 e. The largest absolute Gasteiger partial charge is 0.443 e. The van der Waals surface area contributed by atoms with E-state index in [0.717, 1.165) is 18.0 Å². The molecule has 4 rings (SSSR count). The molecule has 3 aromatic heterocycles. The number of aromatic nitrogens is 4. The summed E-state index contributed by atoms with van der Waals surface area (Å²) in [5.41, 5.74) is 1.58. The molecule has 1 aromatic carbocycles. The Morgan fingerprint density at radius 1 is 1.00 bits per heavy atom. The van der Waals surface area contributed by atoms with Gasteiger partial charge in [-0.15, -0.1) is 10.2 Å². The zero-order valence-electron chi connectivity index (χ0n) is 13.9. The first-order valence-corrected chi connectivity index (χ1v) is 7.89. The predicted octanol–water partition coefficient (Wildman–Crippen LogP) is 4.59. The molecule has 8 heteroatoms. The van der Waals surface area contributed by atoms with Gasteiger partial charge in [-0.3, -0.25) is 4.40 Å². The summed E-state index contributed by atoms with van der Waals surface area (Å²) in [7, 11) is 0. The van der Waals surface area contributed by atoms with Crippen LogP contribution in [0.4, 0.5) is 13.2 Å². The Labute approximate surface area is 146 Å². The Morgan fingerprint density at radius 2 is 1.73 bits per heavy atom. The topological polar surface area (TPSA) is 56.2 Å². The molecule has 3 heterocycles. The first kappa shape index (κ1) is 16.3. The van der Waals surface area contributed by atoms with Crippen molar-refractivity contribution in [1.82, 2.24) is 19.6 Å². The van der Waals surface area contributed by atoms with Crippen LogP contribution in [0.15, 0.2) is 41.3 Å². The molecule has 0 unspecified atom stereocenters. The maximum atomic E-state index is 13.6. The number of nitrogens with zero attached hydrogens (tertiary/aromatic N) is 4. The number of rotatable bonds is 3. The lowest BCUT2D eigenvalue weighted by Gasteiger charge is -2.06. The van der Waals surface area contributed by atoms with E-state index in [1.54, 1.807) is 18.3 Å². The molecule has 5 nitrogen and oxygen atoms in total. The molecule has 0 atom stereocenters. The van der Waals surface area contributed by atoms with Crippen molar-refractivity contribution in [2.45, 2.75) is 19.8 Å². The van der Waals surface area contributed by atoms with Crippen LogP contribution < -0.4 is 0 Å². The predicted molar refractivity (Wildman–Crippen MR) is 87.9 cm³/mol. The Balaban J connectivity index is 1.87. The van der Waals surface area contributed by atoms with E-state index in [9.17, 15) is 13.2 Å². The summed E-state index contributed by atoms with van der Waals surface area (Å²) < 4.78 is 47.6. The molecule has 0 N–H and O–H groups in total. The number of hydrogen-bond acceptors (Lipinski definition) is 4. The smallest absolute Gasteiger partial charge is 0.194 e. The molecule has 0 aliphatic carbocycles. The molecule has 26 heavy (non-hydrogen) atoms. The van der Waals surface area contributed by atoms with Crippen LogP contribution in [0.2, 0.25) is 0 Å². The van der Waals surface area contributed by atoms with Crippen molar-refractivity contribution in [2.75, 3.05) is 0 Å². The number of halogens is 3. The van der Waals surface area contributed by atoms with Crippen LogP contribution in [-0.2, 0) is 0 Å². The highest BCUT2D eigenvalue weighted by Crippen LogP contribution is 2.33. The van der Waals surface area contributed by atoms with E-state index in [0.29, 0.717) is 17.0 Å². The second-order valence-electron chi connectivity index (χ2n) is 6.14. The molecular formula is C18H13F3N4O. The number of fused-ring (bicyclic) bond motifs is 1. The highest BCUT2D eigenvalue weighted by molar-refractivity contribution is 5.76. The zero-order chi connectivity index (χ0) is 18.4. The molecular weight excluding hydrogens is 345 g/mol. The molecule has 0 aliphatic heterocycles. The minimum absolute atomic E-state index is 0.0816. The van der Waals surface area contributed by atoms with Crippen LogP contribution in [0.3, 0.4) is 0 Å². The highest BCUT2D eigenvalue weighted by atomic mass is 19.2. The van der Waals surface area contributed by atoms with E-state index < -0.39 is 17.5 Å². The molecule has 132 valence electrons. The third-order valence-corrected chi connectivity index (χ3v) is 4.03. The summed E-state index contributed by atoms with van der Waals surface area (Å²) in [6.07, 6.45) is 2.94. The van der Waals surface area contributed by atoms with Crippen LogP contribution in [0.1, 0.15) is 25.6 Å². The van der Waals surface area contributed by atoms with Crippen molar-refractivity contribution >= 4 is 5.65 Å². The van der Waals surface area contributed by atoms with E-state index in [1.165, 1.54) is 6.39 Å². The lowest BCUT2D eigenvalue weighted by molar-refractivity contribution is 0.447. The molecule has 0 spiro atoms. The summed E-state index contributed by atoms with van der Waals surface area (Å²) in [5.74, 6) is -2.88. The molecule has 0 amide bonds. The Kier molecular flexibility index (Phi) is 3.75. The van der Waals surface area contributed by atoms with Gasteiger partial charge in [-0.2, -0.15) is 0 Å². The first-order valence-electron chi connectivity index (χ1n) is 7.89. The lowest BCUT2D eigenvalue weighted by Crippen LogP contribution is -1.97. The fourth-order valence-electron chi connectivity index (χ4n) is 2.79. The zero-order valence-corrected chi connectivity index (χ0v) is 13.9. The van der Waals surface area contributed by atoms with Gasteiger partial charge in [0.25, 0.3) is 0 Å². The van der Waals surface area contributed by atoms with Crippen LogP contribution in [0, 0.1) is 17.5 Å². The quantitative estimate of drug-likeness (QED) is 0.503. The van der Waals surface area contributed by atoms with Gasteiger partial charge in [0.05, 0.1) is 0 Å². The first-order chi connectivity index (χ1) is 12.5. The molecule has 0 radical (unpaired) electrons. The monoisotopic (exact) mass is 358 g/mol. The Bertz CT molecular complexity index is 1090. The average Bonchev–Trinajstić information content (AvgIpc) is 3.25. The van der Waals surface area contributed by atoms with Gasteiger partial charge in [0.1, 0.15) is 11.5 Å². The Hall–Kier alpha value is -3.16. The standard InChI is InChI=1S/C18H13F3N4O/c1-9(2)18-24-23-14-4-3-10(7-25(14)18)17-16(22-8-26-17)11-5-12(19)15(21)13(20)6-11/h3-9H,1-2H3. The molecule has 0 bridgehead atoms. The summed E-state index contributed by atoms with van der Waals surface area (Å²) in [6.45, 7) is 3.99. The van der Waals surface area contributed by atoms with E-state index in [4.69, 9.17) is 4.42 Å². The van der Waals surface area contributed by atoms with Gasteiger partial charge in [-0.1, -0.05) is 13.8 Å². The van der Waals surface area contributed by atoms with Gasteiger partial charge in [0, 0.05) is 23.2 Å². The van der Waals surface area contributed by atoms with Crippen molar-refractivity contribution in [3.8, 4) is 22.6 Å². The number of pyridine rings is 1. The van der Waals surface area contributed by atoms with Gasteiger partial charge in [0.2, 0.25) is 0 Å². The van der Waals surface area contributed by atoms with Gasteiger partial charge in [-0.25, -0.2) is 18.2 Å². The van der Waals surface area contributed by atoms with Crippen molar-refractivity contribution in [3.05, 3.63) is 60.1 Å². The molecule has 4 aromatic rings. The van der Waals surface area contributed by atoms with Crippen LogP contribution in [0.5, 0.6) is 0 Å². The fourth-order valence-corrected chi connectivity index (χ4v) is 2.79. The molecule has 0 saturated heterocycles. The third-order valence-electron chi connectivity index (χ3n) is 4.03. The minimum Gasteiger partial charge on any atom is -0.443 e. The van der Waals surface area contributed by atoms with Gasteiger partial charge in [-0.05, 0) is 24.3 Å². The molecule has 0 saturated carbocycles. The number of oxazole rings is 1. The van der Waals surface area contributed by atoms with E-state index >= 15 is 0 Å². The van der Waals surface area contributed by atoms with E-state index in [1.807, 2.05) is 18.2 Å². The summed E-state index contributed by atoms with van der Waals surface area (Å²) in [5, 5.41) is 8.26. The van der Waals surface area contributed by atoms with Crippen LogP contribution in [0.25, 0.3) is 28.2 Å². The molecule has 0 fully saturated rings. The third kappa shape index (κ3) is 2.54. The van der Waals surface area contributed by atoms with Crippen molar-refractivity contribution in [1.29, 1.82) is 0 Å². The minimum atomic E-state index is -1.52. The maximum absolute atomic E-state index is 13.6. The van der Waals surface area contributed by atoms with Crippen LogP contribution in [-0.4, -0.2) is 19.6 Å². The summed E-state index contributed by atoms with van der Waals surface area (Å²) in [4.78, 5) is 4.04. The summed E-state index contributed by atoms with van der Waals surface area (Å²) in [6, 6.07) is 5.27. The Morgan fingerprint density at radius 3 is 2.42 bits per heavy atom. The van der Waals surface area contributed by atoms with Crippen LogP contribution >= 0.6 is 0 Å². The molecule has 0 aliphatic rings. The second kappa shape index (κ2) is 5.98. The normalized spacial score (nSPS) is 11.6. The summed E-state index contributed by atoms with van der Waals surface area (Å²) >= 11 is 0. The van der Waals surface area contributed by atoms with Crippen molar-refractivity contribution in [2.24, 2.45) is 0 Å². The number of benzene rings is 1.